The molecule has 5 rings (SSSR count). The molecule has 0 fully saturated rings. The quantitative estimate of drug-likeness (QED) is 0.0657. The summed E-state index contributed by atoms with van der Waals surface area (Å²) in [5.74, 6) is -3.24. The summed E-state index contributed by atoms with van der Waals surface area (Å²) in [5, 5.41) is 17.0. The number of esters is 1. The van der Waals surface area contributed by atoms with Gasteiger partial charge in [-0.05, 0) is 22.9 Å². The molecule has 0 bridgehead atoms. The van der Waals surface area contributed by atoms with Crippen LogP contribution in [0.3, 0.4) is 0 Å². The van der Waals surface area contributed by atoms with Crippen molar-refractivity contribution < 1.29 is 68.1 Å². The van der Waals surface area contributed by atoms with Crippen molar-refractivity contribution in [1.82, 2.24) is 39.4 Å². The maximum absolute atomic E-state index is 12.6. The van der Waals surface area contributed by atoms with E-state index in [-0.39, 0.29) is 29.7 Å². The number of fused-ring (bicyclic) bond motifs is 2. The summed E-state index contributed by atoms with van der Waals surface area (Å²) < 4.78 is 132. The van der Waals surface area contributed by atoms with Crippen molar-refractivity contribution >= 4 is 97.2 Å². The standard InChI is InChI=1S/C8H5BrF3N3O2S.C8H6F3N3O2S.C6H7F3O3.C4H7N3OS.BHNS/c1-17-2-3-14-15-6(16)4(9)5(8(10,11)12)13-7(15)18-3;1-16-3-5-13-14-6(15)2-4(8(9,10)11)12-7(14)17-5;1-2-12-5(11)3-4(10)6(7,8)9;1-8-2-3-6-7-4(5)9-3;1-2-3/h2H2,1H3;2H,3H2,1H3;2-3H2,1H3;2H2,1H3,(H2,5,7);3H. The Balaban J connectivity index is 0.000000396. The van der Waals surface area contributed by atoms with E-state index in [1.807, 2.05) is 0 Å². The van der Waals surface area contributed by atoms with E-state index < -0.39 is 63.7 Å². The number of nitrogens with zero attached hydrogens (tertiary/aromatic N) is 9. The van der Waals surface area contributed by atoms with E-state index in [2.05, 4.69) is 75.8 Å². The average Bonchev–Trinajstić information content (AvgIpc) is 3.85. The topological polar surface area (TPSA) is 230 Å². The molecule has 33 heteroatoms. The number of halogens is 10. The number of alkyl halides is 9. The minimum absolute atomic E-state index is 0.0377. The Hall–Kier alpha value is -4.02. The Kier molecular flexibility index (Phi) is 21.8. The normalized spacial score (nSPS) is 11.2. The Labute approximate surface area is 350 Å². The molecular weight excluding hydrogens is 970 g/mol. The molecule has 0 aliphatic rings. The van der Waals surface area contributed by atoms with Crippen LogP contribution in [0.2, 0.25) is 0 Å². The zero-order valence-electron chi connectivity index (χ0n) is 30.0. The van der Waals surface area contributed by atoms with E-state index in [1.165, 1.54) is 32.5 Å². The minimum atomic E-state index is -4.95. The van der Waals surface area contributed by atoms with Gasteiger partial charge in [0.2, 0.25) is 20.8 Å². The van der Waals surface area contributed by atoms with Crippen LogP contribution in [0.5, 0.6) is 0 Å². The zero-order valence-corrected chi connectivity index (χ0v) is 34.9. The number of anilines is 1. The van der Waals surface area contributed by atoms with Crippen molar-refractivity contribution in [3.8, 4) is 0 Å². The number of hydrogen-bond acceptors (Lipinski definition) is 20. The molecule has 0 aliphatic heterocycles. The first-order valence-corrected chi connectivity index (χ1v) is 18.5. The predicted octanol–water partition coefficient (Wildman–Crippen LogP) is 4.92. The van der Waals surface area contributed by atoms with Gasteiger partial charge in [0, 0.05) is 27.4 Å². The second-order valence-electron chi connectivity index (χ2n) is 9.79. The fraction of sp³-hybridized carbons (Fsp3) is 0.462. The molecule has 0 spiro atoms. The van der Waals surface area contributed by atoms with Gasteiger partial charge in [0.1, 0.15) is 32.5 Å². The van der Waals surface area contributed by atoms with Gasteiger partial charge in [-0.1, -0.05) is 34.0 Å². The summed E-state index contributed by atoms with van der Waals surface area (Å²) >= 11 is 8.89. The van der Waals surface area contributed by atoms with Crippen molar-refractivity contribution in [2.45, 2.75) is 51.7 Å². The van der Waals surface area contributed by atoms with Crippen molar-refractivity contribution in [1.29, 1.82) is 0 Å². The molecule has 0 atom stereocenters. The van der Waals surface area contributed by atoms with E-state index in [9.17, 15) is 58.7 Å². The Morgan fingerprint density at radius 3 is 1.76 bits per heavy atom. The Morgan fingerprint density at radius 1 is 0.847 bits per heavy atom. The summed E-state index contributed by atoms with van der Waals surface area (Å²) in [4.78, 5) is 50.1. The number of carbonyl (C=O) groups is 2. The van der Waals surface area contributed by atoms with Gasteiger partial charge < -0.3 is 24.7 Å². The summed E-state index contributed by atoms with van der Waals surface area (Å²) in [7, 11) is 8.78. The number of ether oxygens (including phenoxy) is 4. The van der Waals surface area contributed by atoms with Crippen LogP contribution in [0.1, 0.15) is 39.8 Å². The second-order valence-corrected chi connectivity index (χ2v) is 14.0. The van der Waals surface area contributed by atoms with E-state index in [0.29, 0.717) is 27.8 Å². The number of carbonyl (C=O) groups excluding carboxylic acids is 2. The number of hydrogen-bond donors (Lipinski definition) is 2. The monoisotopic (exact) mass is 995 g/mol. The number of nitrogens with two attached hydrogens (primary N) is 1. The third kappa shape index (κ3) is 17.6. The van der Waals surface area contributed by atoms with Crippen LogP contribution in [0.4, 0.5) is 44.6 Å². The molecule has 0 unspecified atom stereocenters. The SMILES string of the molecule is CCOC(=O)CC(=O)C(F)(F)F.COCc1nn2c(=O)c(Br)c(C(F)(F)F)nc2s1.COCc1nn2c(=O)cc(C(F)(F)F)nc2s1.COCc1nnc(N)s1.[B]=NS. The molecule has 5 aromatic heterocycles. The summed E-state index contributed by atoms with van der Waals surface area (Å²) in [5.41, 5.74) is 1.08. The van der Waals surface area contributed by atoms with Crippen LogP contribution in [-0.2, 0) is 60.7 Å². The average molecular weight is 997 g/mol. The van der Waals surface area contributed by atoms with Crippen molar-refractivity contribution in [2.75, 3.05) is 33.7 Å². The molecule has 59 heavy (non-hydrogen) atoms. The van der Waals surface area contributed by atoms with Gasteiger partial charge in [-0.25, -0.2) is 9.97 Å². The number of Topliss-reactive ketones (excluding diaryl/α,β-unsaturated/α-hetero) is 1. The summed E-state index contributed by atoms with van der Waals surface area (Å²) in [6.07, 6.45) is -15.5. The van der Waals surface area contributed by atoms with Crippen LogP contribution < -0.4 is 16.9 Å². The fourth-order valence-electron chi connectivity index (χ4n) is 3.30. The van der Waals surface area contributed by atoms with Gasteiger partial charge in [-0.2, -0.15) is 58.7 Å². The Morgan fingerprint density at radius 2 is 1.34 bits per heavy atom. The van der Waals surface area contributed by atoms with Gasteiger partial charge >= 0.3 is 49.3 Å². The predicted molar refractivity (Wildman–Crippen MR) is 198 cm³/mol. The number of thiol groups is 1. The van der Waals surface area contributed by atoms with Gasteiger partial charge in [-0.3, -0.25) is 19.2 Å². The van der Waals surface area contributed by atoms with E-state index in [1.54, 1.807) is 7.11 Å². The summed E-state index contributed by atoms with van der Waals surface area (Å²) in [6, 6.07) is 0.420. The molecule has 0 saturated carbocycles. The number of rotatable bonds is 9. The number of aromatic nitrogens is 8. The first-order chi connectivity index (χ1) is 27.4. The molecular formula is C26H26BBrF9N10O8S4. The van der Waals surface area contributed by atoms with Crippen LogP contribution in [0, 0.1) is 0 Å². The van der Waals surface area contributed by atoms with Crippen molar-refractivity contribution in [3.63, 3.8) is 0 Å². The molecule has 1 radical (unpaired) electrons. The van der Waals surface area contributed by atoms with E-state index in [4.69, 9.17) is 19.9 Å². The summed E-state index contributed by atoms with van der Waals surface area (Å²) in [6.45, 7) is 2.12. The molecule has 325 valence electrons. The zero-order chi connectivity index (χ0) is 45.3. The molecule has 0 saturated heterocycles. The molecule has 2 N–H and O–H groups in total. The molecule has 5 aromatic rings. The van der Waals surface area contributed by atoms with Crippen LogP contribution in [0.15, 0.2) is 24.4 Å². The first-order valence-electron chi connectivity index (χ1n) is 14.8. The maximum atomic E-state index is 12.6. The van der Waals surface area contributed by atoms with Crippen molar-refractivity contribution in [2.24, 2.45) is 4.30 Å². The van der Waals surface area contributed by atoms with Gasteiger partial charge in [-0.15, -0.1) is 10.2 Å². The number of methoxy groups -OCH3 is 3. The fourth-order valence-corrected chi connectivity index (χ4v) is 6.09. The van der Waals surface area contributed by atoms with E-state index >= 15 is 0 Å². The molecule has 0 aliphatic carbocycles. The van der Waals surface area contributed by atoms with Crippen molar-refractivity contribution in [3.05, 3.63) is 57.7 Å². The Bertz CT molecular complexity index is 2270. The first kappa shape index (κ1) is 53.0. The van der Waals surface area contributed by atoms with Crippen LogP contribution in [-0.4, -0.2) is 92.9 Å². The molecule has 0 aromatic carbocycles. The molecule has 5 heterocycles. The van der Waals surface area contributed by atoms with Gasteiger partial charge in [0.15, 0.2) is 11.4 Å². The van der Waals surface area contributed by atoms with Gasteiger partial charge in [0.05, 0.1) is 19.8 Å². The third-order valence-electron chi connectivity index (χ3n) is 5.46. The number of ketones is 1. The van der Waals surface area contributed by atoms with E-state index in [0.717, 1.165) is 36.7 Å². The second kappa shape index (κ2) is 24.3. The number of nitrogen functional groups attached to an aromatic ring is 1. The third-order valence-corrected chi connectivity index (χ3v) is 8.66. The van der Waals surface area contributed by atoms with Gasteiger partial charge in [0.25, 0.3) is 11.1 Å². The molecule has 18 nitrogen and oxygen atoms in total. The van der Waals surface area contributed by atoms with Crippen LogP contribution in [0.25, 0.3) is 9.92 Å². The molecule has 0 amide bonds. The van der Waals surface area contributed by atoms with Crippen LogP contribution >= 0.6 is 62.8 Å².